The van der Waals surface area contributed by atoms with Gasteiger partial charge < -0.3 is 10.6 Å². The maximum atomic E-state index is 14.1. The smallest absolute Gasteiger partial charge is 0.353 e. The van der Waals surface area contributed by atoms with E-state index < -0.39 is 23.7 Å². The Morgan fingerprint density at radius 1 is 1.27 bits per heavy atom. The number of benzene rings is 1. The lowest BCUT2D eigenvalue weighted by Gasteiger charge is -2.15. The SMILES string of the molecule is Cc1nc(NC[C@H]2NCC[C@@H]2F)ncc1-c1ccc(C(F)(F)F)cc1F. The second-order valence-electron chi connectivity index (χ2n) is 6.13. The van der Waals surface area contributed by atoms with E-state index in [1.807, 2.05) is 0 Å². The molecule has 140 valence electrons. The van der Waals surface area contributed by atoms with Crippen molar-refractivity contribution in [2.24, 2.45) is 0 Å². The number of alkyl halides is 4. The van der Waals surface area contributed by atoms with Gasteiger partial charge in [0, 0.05) is 23.9 Å². The van der Waals surface area contributed by atoms with Crippen LogP contribution in [0, 0.1) is 12.7 Å². The standard InChI is InChI=1S/C17H17F5N4/c1-9-12(11-3-2-10(6-14(11)19)17(20,21)22)7-24-16(26-9)25-8-15-13(18)4-5-23-15/h2-3,6-7,13,15,23H,4-5,8H2,1H3,(H,24,25,26)/t13-,15+/m0/s1. The summed E-state index contributed by atoms with van der Waals surface area (Å²) in [5.74, 6) is -0.748. The molecule has 9 heteroatoms. The van der Waals surface area contributed by atoms with Crippen LogP contribution in [-0.4, -0.2) is 35.3 Å². The lowest BCUT2D eigenvalue weighted by Crippen LogP contribution is -2.35. The number of rotatable bonds is 4. The molecule has 0 radical (unpaired) electrons. The Labute approximate surface area is 146 Å². The molecule has 0 spiro atoms. The van der Waals surface area contributed by atoms with Crippen LogP contribution in [0.15, 0.2) is 24.4 Å². The minimum Gasteiger partial charge on any atom is -0.353 e. The summed E-state index contributed by atoms with van der Waals surface area (Å²) in [6.07, 6.45) is -3.76. The zero-order valence-corrected chi connectivity index (χ0v) is 13.9. The summed E-state index contributed by atoms with van der Waals surface area (Å²) in [7, 11) is 0. The van der Waals surface area contributed by atoms with Crippen LogP contribution in [-0.2, 0) is 6.18 Å². The van der Waals surface area contributed by atoms with Crippen molar-refractivity contribution in [1.82, 2.24) is 15.3 Å². The Bertz CT molecular complexity index is 793. The highest BCUT2D eigenvalue weighted by Gasteiger charge is 2.31. The van der Waals surface area contributed by atoms with Gasteiger partial charge in [-0.15, -0.1) is 0 Å². The summed E-state index contributed by atoms with van der Waals surface area (Å²) in [4.78, 5) is 8.24. The number of anilines is 1. The Hall–Kier alpha value is -2.29. The first-order chi connectivity index (χ1) is 12.3. The Morgan fingerprint density at radius 3 is 2.62 bits per heavy atom. The van der Waals surface area contributed by atoms with Gasteiger partial charge in [0.15, 0.2) is 0 Å². The fourth-order valence-electron chi connectivity index (χ4n) is 2.86. The molecule has 1 fully saturated rings. The molecule has 0 unspecified atom stereocenters. The quantitative estimate of drug-likeness (QED) is 0.804. The van der Waals surface area contributed by atoms with Gasteiger partial charge in [-0.25, -0.2) is 18.7 Å². The van der Waals surface area contributed by atoms with E-state index >= 15 is 0 Å². The van der Waals surface area contributed by atoms with E-state index in [2.05, 4.69) is 20.6 Å². The molecule has 2 N–H and O–H groups in total. The van der Waals surface area contributed by atoms with E-state index in [1.54, 1.807) is 6.92 Å². The number of aromatic nitrogens is 2. The van der Waals surface area contributed by atoms with Gasteiger partial charge in [-0.1, -0.05) is 6.07 Å². The van der Waals surface area contributed by atoms with Gasteiger partial charge >= 0.3 is 6.18 Å². The zero-order chi connectivity index (χ0) is 18.9. The predicted molar refractivity (Wildman–Crippen MR) is 87.0 cm³/mol. The molecule has 0 aliphatic carbocycles. The van der Waals surface area contributed by atoms with Gasteiger partial charge in [0.05, 0.1) is 17.3 Å². The Morgan fingerprint density at radius 2 is 2.04 bits per heavy atom. The average molecular weight is 372 g/mol. The van der Waals surface area contributed by atoms with Crippen LogP contribution < -0.4 is 10.6 Å². The largest absolute Gasteiger partial charge is 0.416 e. The maximum Gasteiger partial charge on any atom is 0.416 e. The van der Waals surface area contributed by atoms with Crippen LogP contribution in [0.5, 0.6) is 0 Å². The zero-order valence-electron chi connectivity index (χ0n) is 13.9. The van der Waals surface area contributed by atoms with Crippen molar-refractivity contribution >= 4 is 5.95 Å². The van der Waals surface area contributed by atoms with Crippen LogP contribution in [0.2, 0.25) is 0 Å². The van der Waals surface area contributed by atoms with Crippen LogP contribution in [0.25, 0.3) is 11.1 Å². The molecule has 2 atom stereocenters. The summed E-state index contributed by atoms with van der Waals surface area (Å²) in [5.41, 5.74) is -0.370. The Balaban J connectivity index is 1.77. The van der Waals surface area contributed by atoms with Crippen molar-refractivity contribution < 1.29 is 22.0 Å². The van der Waals surface area contributed by atoms with Crippen LogP contribution in [0.1, 0.15) is 17.7 Å². The van der Waals surface area contributed by atoms with Gasteiger partial charge in [-0.2, -0.15) is 13.2 Å². The molecular weight excluding hydrogens is 355 g/mol. The van der Waals surface area contributed by atoms with Gasteiger partial charge in [0.25, 0.3) is 0 Å². The first kappa shape index (κ1) is 18.5. The lowest BCUT2D eigenvalue weighted by molar-refractivity contribution is -0.137. The number of hydrogen-bond donors (Lipinski definition) is 2. The Kier molecular flexibility index (Phi) is 5.08. The molecule has 1 aliphatic heterocycles. The van der Waals surface area contributed by atoms with Crippen molar-refractivity contribution in [2.75, 3.05) is 18.4 Å². The van der Waals surface area contributed by atoms with Gasteiger partial charge in [-0.05, 0) is 32.0 Å². The fourth-order valence-corrected chi connectivity index (χ4v) is 2.86. The van der Waals surface area contributed by atoms with Crippen molar-refractivity contribution in [3.05, 3.63) is 41.5 Å². The number of nitrogens with zero attached hydrogens (tertiary/aromatic N) is 2. The fraction of sp³-hybridized carbons (Fsp3) is 0.412. The third-order valence-corrected chi connectivity index (χ3v) is 4.31. The van der Waals surface area contributed by atoms with Gasteiger partial charge in [0.2, 0.25) is 5.95 Å². The molecule has 26 heavy (non-hydrogen) atoms. The van der Waals surface area contributed by atoms with E-state index in [-0.39, 0.29) is 17.6 Å². The van der Waals surface area contributed by atoms with E-state index in [1.165, 1.54) is 6.20 Å². The summed E-state index contributed by atoms with van der Waals surface area (Å²) in [5, 5.41) is 5.93. The summed E-state index contributed by atoms with van der Waals surface area (Å²) >= 11 is 0. The molecule has 0 bridgehead atoms. The van der Waals surface area contributed by atoms with E-state index in [0.717, 1.165) is 12.1 Å². The highest BCUT2D eigenvalue weighted by atomic mass is 19.4. The van der Waals surface area contributed by atoms with Crippen molar-refractivity contribution in [3.63, 3.8) is 0 Å². The van der Waals surface area contributed by atoms with E-state index in [4.69, 9.17) is 0 Å². The molecule has 1 aliphatic rings. The van der Waals surface area contributed by atoms with E-state index in [0.29, 0.717) is 36.8 Å². The summed E-state index contributed by atoms with van der Waals surface area (Å²) in [6, 6.07) is 2.00. The molecule has 1 aromatic carbocycles. The molecule has 1 aromatic heterocycles. The molecule has 0 saturated carbocycles. The maximum absolute atomic E-state index is 14.1. The van der Waals surface area contributed by atoms with Crippen molar-refractivity contribution in [3.8, 4) is 11.1 Å². The monoisotopic (exact) mass is 372 g/mol. The first-order valence-electron chi connectivity index (χ1n) is 8.08. The lowest BCUT2D eigenvalue weighted by atomic mass is 10.0. The number of hydrogen-bond acceptors (Lipinski definition) is 4. The van der Waals surface area contributed by atoms with Crippen molar-refractivity contribution in [1.29, 1.82) is 0 Å². The molecular formula is C17H17F5N4. The van der Waals surface area contributed by atoms with Gasteiger partial charge in [0.1, 0.15) is 12.0 Å². The molecule has 0 amide bonds. The first-order valence-corrected chi connectivity index (χ1v) is 8.08. The molecule has 2 heterocycles. The van der Waals surface area contributed by atoms with Crippen molar-refractivity contribution in [2.45, 2.75) is 31.7 Å². The topological polar surface area (TPSA) is 49.8 Å². The van der Waals surface area contributed by atoms with Crippen LogP contribution >= 0.6 is 0 Å². The number of halogens is 5. The van der Waals surface area contributed by atoms with Crippen LogP contribution in [0.4, 0.5) is 27.9 Å². The highest BCUT2D eigenvalue weighted by Crippen LogP contribution is 2.33. The minimum absolute atomic E-state index is 0.0108. The normalized spacial score (nSPS) is 20.4. The summed E-state index contributed by atoms with van der Waals surface area (Å²) in [6.45, 7) is 2.51. The third kappa shape index (κ3) is 3.92. The van der Waals surface area contributed by atoms with Crippen LogP contribution in [0.3, 0.4) is 0 Å². The molecule has 2 aromatic rings. The minimum atomic E-state index is -4.61. The molecule has 3 rings (SSSR count). The predicted octanol–water partition coefficient (Wildman–Crippen LogP) is 3.72. The third-order valence-electron chi connectivity index (χ3n) is 4.31. The second-order valence-corrected chi connectivity index (χ2v) is 6.13. The van der Waals surface area contributed by atoms with Gasteiger partial charge in [-0.3, -0.25) is 0 Å². The second kappa shape index (κ2) is 7.14. The van der Waals surface area contributed by atoms with E-state index in [9.17, 15) is 22.0 Å². The number of nitrogens with one attached hydrogen (secondary N) is 2. The summed E-state index contributed by atoms with van der Waals surface area (Å²) < 4.78 is 65.6. The highest BCUT2D eigenvalue weighted by molar-refractivity contribution is 5.66. The average Bonchev–Trinajstić information content (AvgIpc) is 2.98. The number of aryl methyl sites for hydroxylation is 1. The molecule has 1 saturated heterocycles. The molecule has 4 nitrogen and oxygen atoms in total.